The highest BCUT2D eigenvalue weighted by molar-refractivity contribution is 5.76. The van der Waals surface area contributed by atoms with Gasteiger partial charge in [-0.1, -0.05) is 0 Å². The average molecular weight is 296 g/mol. The van der Waals surface area contributed by atoms with Gasteiger partial charge in [-0.15, -0.1) is 0 Å². The number of aliphatic carboxylic acids is 1. The smallest absolute Gasteiger partial charge is 0.303 e. The summed E-state index contributed by atoms with van der Waals surface area (Å²) in [5, 5.41) is 12.1. The third-order valence-electron chi connectivity index (χ3n) is 4.96. The maximum Gasteiger partial charge on any atom is 0.303 e. The number of rotatable bonds is 6. The molecule has 21 heavy (non-hydrogen) atoms. The number of hydrogen-bond donors (Lipinski definition) is 2. The molecule has 0 spiro atoms. The van der Waals surface area contributed by atoms with E-state index in [9.17, 15) is 9.59 Å². The lowest BCUT2D eigenvalue weighted by Gasteiger charge is -2.32. The van der Waals surface area contributed by atoms with Gasteiger partial charge in [-0.05, 0) is 63.5 Å². The van der Waals surface area contributed by atoms with E-state index in [0.29, 0.717) is 24.2 Å². The monoisotopic (exact) mass is 296 g/mol. The van der Waals surface area contributed by atoms with Crippen LogP contribution in [0.25, 0.3) is 0 Å². The second-order valence-corrected chi connectivity index (χ2v) is 6.49. The van der Waals surface area contributed by atoms with Gasteiger partial charge in [0.25, 0.3) is 0 Å². The maximum absolute atomic E-state index is 12.2. The Kier molecular flexibility index (Phi) is 6.49. The lowest BCUT2D eigenvalue weighted by molar-refractivity contribution is -0.138. The zero-order valence-corrected chi connectivity index (χ0v) is 12.9. The van der Waals surface area contributed by atoms with Gasteiger partial charge in [-0.25, -0.2) is 0 Å². The van der Waals surface area contributed by atoms with Crippen molar-refractivity contribution in [3.8, 4) is 0 Å². The SMILES string of the molecule is O=C(O)CCC1CCN(C(=O)CCC2CCNCC2)CC1. The van der Waals surface area contributed by atoms with Crippen LogP contribution in [0.5, 0.6) is 0 Å². The summed E-state index contributed by atoms with van der Waals surface area (Å²) in [6.45, 7) is 3.81. The predicted octanol–water partition coefficient (Wildman–Crippen LogP) is 1.87. The van der Waals surface area contributed by atoms with Gasteiger partial charge < -0.3 is 15.3 Å². The number of amides is 1. The van der Waals surface area contributed by atoms with Gasteiger partial charge in [-0.3, -0.25) is 9.59 Å². The third-order valence-corrected chi connectivity index (χ3v) is 4.96. The molecule has 0 atom stereocenters. The predicted molar refractivity (Wildman–Crippen MR) is 81.0 cm³/mol. The summed E-state index contributed by atoms with van der Waals surface area (Å²) >= 11 is 0. The van der Waals surface area contributed by atoms with Crippen LogP contribution in [0.1, 0.15) is 51.4 Å². The Morgan fingerprint density at radius 2 is 1.52 bits per heavy atom. The van der Waals surface area contributed by atoms with E-state index in [1.54, 1.807) is 0 Å². The zero-order valence-electron chi connectivity index (χ0n) is 12.9. The lowest BCUT2D eigenvalue weighted by atomic mass is 9.91. The van der Waals surface area contributed by atoms with E-state index in [4.69, 9.17) is 5.11 Å². The van der Waals surface area contributed by atoms with Crippen LogP contribution in [0.15, 0.2) is 0 Å². The van der Waals surface area contributed by atoms with E-state index in [1.807, 2.05) is 4.90 Å². The fourth-order valence-corrected chi connectivity index (χ4v) is 3.45. The van der Waals surface area contributed by atoms with Crippen molar-refractivity contribution >= 4 is 11.9 Å². The summed E-state index contributed by atoms with van der Waals surface area (Å²) in [6, 6.07) is 0. The summed E-state index contributed by atoms with van der Waals surface area (Å²) in [5.41, 5.74) is 0. The van der Waals surface area contributed by atoms with E-state index in [1.165, 1.54) is 12.8 Å². The first kappa shape index (κ1) is 16.3. The van der Waals surface area contributed by atoms with Crippen LogP contribution in [0.3, 0.4) is 0 Å². The molecule has 0 bridgehead atoms. The molecule has 5 heteroatoms. The first-order valence-corrected chi connectivity index (χ1v) is 8.35. The molecular weight excluding hydrogens is 268 g/mol. The van der Waals surface area contributed by atoms with E-state index in [2.05, 4.69) is 5.32 Å². The molecule has 2 heterocycles. The molecule has 2 saturated heterocycles. The molecule has 0 unspecified atom stereocenters. The summed E-state index contributed by atoms with van der Waals surface area (Å²) in [7, 11) is 0. The van der Waals surface area contributed by atoms with Crippen molar-refractivity contribution in [1.29, 1.82) is 0 Å². The standard InChI is InChI=1S/C16H28N2O3/c19-15(3-1-13-5-9-17-10-6-13)18-11-7-14(8-12-18)2-4-16(20)21/h13-14,17H,1-12H2,(H,20,21). The Balaban J connectivity index is 1.62. The van der Waals surface area contributed by atoms with Crippen LogP contribution >= 0.6 is 0 Å². The quantitative estimate of drug-likeness (QED) is 0.785. The summed E-state index contributed by atoms with van der Waals surface area (Å²) in [4.78, 5) is 24.8. The first-order valence-electron chi connectivity index (χ1n) is 8.35. The molecule has 2 aliphatic rings. The topological polar surface area (TPSA) is 69.6 Å². The molecule has 5 nitrogen and oxygen atoms in total. The molecule has 0 aromatic carbocycles. The normalized spacial score (nSPS) is 21.4. The molecule has 1 amide bonds. The van der Waals surface area contributed by atoms with E-state index in [0.717, 1.165) is 51.9 Å². The Hall–Kier alpha value is -1.10. The Morgan fingerprint density at radius 1 is 0.952 bits per heavy atom. The second-order valence-electron chi connectivity index (χ2n) is 6.49. The van der Waals surface area contributed by atoms with Crippen LogP contribution in [0.2, 0.25) is 0 Å². The van der Waals surface area contributed by atoms with Crippen molar-refractivity contribution in [3.05, 3.63) is 0 Å². The van der Waals surface area contributed by atoms with Gasteiger partial charge in [-0.2, -0.15) is 0 Å². The van der Waals surface area contributed by atoms with Crippen LogP contribution in [0, 0.1) is 11.8 Å². The second kappa shape index (κ2) is 8.37. The molecule has 2 fully saturated rings. The molecule has 0 aliphatic carbocycles. The first-order chi connectivity index (χ1) is 10.1. The minimum Gasteiger partial charge on any atom is -0.481 e. The highest BCUT2D eigenvalue weighted by Crippen LogP contribution is 2.24. The van der Waals surface area contributed by atoms with Crippen molar-refractivity contribution in [3.63, 3.8) is 0 Å². The minimum absolute atomic E-state index is 0.258. The number of hydrogen-bond acceptors (Lipinski definition) is 3. The maximum atomic E-state index is 12.2. The minimum atomic E-state index is -0.713. The summed E-state index contributed by atoms with van der Waals surface area (Å²) in [6.07, 6.45) is 7.05. The molecule has 0 aromatic rings. The summed E-state index contributed by atoms with van der Waals surface area (Å²) in [5.74, 6) is 0.776. The van der Waals surface area contributed by atoms with E-state index >= 15 is 0 Å². The molecule has 0 saturated carbocycles. The Bertz CT molecular complexity index is 345. The lowest BCUT2D eigenvalue weighted by Crippen LogP contribution is -2.39. The number of nitrogens with zero attached hydrogens (tertiary/aromatic N) is 1. The number of nitrogens with one attached hydrogen (secondary N) is 1. The van der Waals surface area contributed by atoms with Gasteiger partial charge >= 0.3 is 5.97 Å². The fraction of sp³-hybridized carbons (Fsp3) is 0.875. The number of piperidine rings is 2. The largest absolute Gasteiger partial charge is 0.481 e. The van der Waals surface area contributed by atoms with E-state index in [-0.39, 0.29) is 6.42 Å². The Morgan fingerprint density at radius 3 is 2.14 bits per heavy atom. The highest BCUT2D eigenvalue weighted by Gasteiger charge is 2.23. The van der Waals surface area contributed by atoms with Crippen molar-refractivity contribution < 1.29 is 14.7 Å². The molecule has 2 N–H and O–H groups in total. The van der Waals surface area contributed by atoms with Gasteiger partial charge in [0.15, 0.2) is 0 Å². The number of carboxylic acids is 1. The van der Waals surface area contributed by atoms with Crippen LogP contribution < -0.4 is 5.32 Å². The third kappa shape index (κ3) is 5.65. The zero-order chi connectivity index (χ0) is 15.1. The molecule has 0 radical (unpaired) electrons. The molecule has 0 aromatic heterocycles. The van der Waals surface area contributed by atoms with Gasteiger partial charge in [0.1, 0.15) is 0 Å². The van der Waals surface area contributed by atoms with Gasteiger partial charge in [0, 0.05) is 25.9 Å². The molecule has 120 valence electrons. The van der Waals surface area contributed by atoms with Gasteiger partial charge in [0.05, 0.1) is 0 Å². The van der Waals surface area contributed by atoms with Crippen LogP contribution in [-0.4, -0.2) is 48.1 Å². The molecule has 2 aliphatic heterocycles. The molecular formula is C16H28N2O3. The van der Waals surface area contributed by atoms with E-state index < -0.39 is 5.97 Å². The summed E-state index contributed by atoms with van der Waals surface area (Å²) < 4.78 is 0. The Labute approximate surface area is 127 Å². The van der Waals surface area contributed by atoms with Crippen molar-refractivity contribution in [2.24, 2.45) is 11.8 Å². The number of carbonyl (C=O) groups is 2. The molecule has 2 rings (SSSR count). The highest BCUT2D eigenvalue weighted by atomic mass is 16.4. The van der Waals surface area contributed by atoms with Crippen molar-refractivity contribution in [2.75, 3.05) is 26.2 Å². The number of carbonyl (C=O) groups excluding carboxylic acids is 1. The van der Waals surface area contributed by atoms with Gasteiger partial charge in [0.2, 0.25) is 5.91 Å². The van der Waals surface area contributed by atoms with Crippen molar-refractivity contribution in [2.45, 2.75) is 51.4 Å². The van der Waals surface area contributed by atoms with Crippen molar-refractivity contribution in [1.82, 2.24) is 10.2 Å². The average Bonchev–Trinajstić information content (AvgIpc) is 2.52. The van der Waals surface area contributed by atoms with Crippen LogP contribution in [-0.2, 0) is 9.59 Å². The number of carboxylic acid groups (broad SMARTS) is 1. The fourth-order valence-electron chi connectivity index (χ4n) is 3.45. The number of likely N-dealkylation sites (tertiary alicyclic amines) is 1. The van der Waals surface area contributed by atoms with Crippen LogP contribution in [0.4, 0.5) is 0 Å².